The predicted molar refractivity (Wildman–Crippen MR) is 131 cm³/mol. The summed E-state index contributed by atoms with van der Waals surface area (Å²) in [7, 11) is -4.27. The maximum absolute atomic E-state index is 15.2. The number of sulfonamides is 1. The highest BCUT2D eigenvalue weighted by Gasteiger charge is 2.23. The van der Waals surface area contributed by atoms with E-state index in [1.54, 1.807) is 31.3 Å². The molecule has 0 radical (unpaired) electrons. The van der Waals surface area contributed by atoms with Crippen LogP contribution < -0.4 is 4.47 Å². The van der Waals surface area contributed by atoms with Gasteiger partial charge in [0.2, 0.25) is 10.0 Å². The molecule has 10 heteroatoms. The summed E-state index contributed by atoms with van der Waals surface area (Å²) >= 11 is 5.95. The van der Waals surface area contributed by atoms with Crippen molar-refractivity contribution in [2.75, 3.05) is 10.2 Å². The Bertz CT molecular complexity index is 1470. The van der Waals surface area contributed by atoms with Gasteiger partial charge in [-0.15, -0.1) is 0 Å². The van der Waals surface area contributed by atoms with Crippen molar-refractivity contribution in [3.63, 3.8) is 0 Å². The van der Waals surface area contributed by atoms with Crippen LogP contribution in [0.5, 0.6) is 0 Å². The van der Waals surface area contributed by atoms with Gasteiger partial charge in [0.1, 0.15) is 5.65 Å². The van der Waals surface area contributed by atoms with Crippen LogP contribution in [0.2, 0.25) is 5.02 Å². The molecule has 0 aliphatic heterocycles. The lowest BCUT2D eigenvalue weighted by atomic mass is 10.0. The van der Waals surface area contributed by atoms with Gasteiger partial charge in [0, 0.05) is 33.9 Å². The number of hydrogen-bond donors (Lipinski definition) is 1. The van der Waals surface area contributed by atoms with Crippen LogP contribution in [-0.4, -0.2) is 29.9 Å². The number of carbonyl (C=O) groups excluding carboxylic acids is 1. The lowest BCUT2D eigenvalue weighted by Gasteiger charge is -2.30. The minimum Gasteiger partial charge on any atom is -0.744 e. The zero-order chi connectivity index (χ0) is 24.5. The number of nitrogens with one attached hydrogen (secondary N) is 1. The van der Waals surface area contributed by atoms with Crippen molar-refractivity contribution in [3.8, 4) is 11.1 Å². The fraction of sp³-hybridized carbons (Fsp3) is 0.167. The number of hydrogen-bond acceptors (Lipinski definition) is 5. The highest BCUT2D eigenvalue weighted by Crippen LogP contribution is 2.30. The SMILES string of the molecule is CCCCS(=O)(=O)N([O-])c1cccc(C(=O)c2c[nH]c3ncc(-c4ccc(Cl)cc4)cc23)c1F. The molecule has 0 unspecified atom stereocenters. The number of halogens is 2. The molecule has 0 bridgehead atoms. The molecule has 0 spiro atoms. The van der Waals surface area contributed by atoms with E-state index in [-0.39, 0.29) is 16.5 Å². The number of anilines is 1. The van der Waals surface area contributed by atoms with Crippen LogP contribution >= 0.6 is 11.6 Å². The first-order chi connectivity index (χ1) is 16.2. The van der Waals surface area contributed by atoms with Crippen molar-refractivity contribution in [2.45, 2.75) is 19.8 Å². The maximum Gasteiger partial charge on any atom is 0.225 e. The fourth-order valence-electron chi connectivity index (χ4n) is 3.53. The van der Waals surface area contributed by atoms with E-state index in [1.165, 1.54) is 18.3 Å². The summed E-state index contributed by atoms with van der Waals surface area (Å²) in [6, 6.07) is 12.3. The molecule has 0 saturated carbocycles. The largest absolute Gasteiger partial charge is 0.744 e. The Balaban J connectivity index is 1.73. The standard InChI is InChI=1S/C24H20ClFN3O4S/c1-2-3-11-34(32,33)29(31)21-6-4-5-18(22(21)26)23(30)20-14-28-24-19(20)12-16(13-27-24)15-7-9-17(25)10-8-15/h4-10,12-14H,2-3,11H2,1H3,(H,27,28)/q-1. The quantitative estimate of drug-likeness (QED) is 0.247. The topological polar surface area (TPSA) is 106 Å². The molecule has 0 fully saturated rings. The molecule has 2 aromatic carbocycles. The minimum absolute atomic E-state index is 0.139. The van der Waals surface area contributed by atoms with E-state index in [0.29, 0.717) is 22.5 Å². The van der Waals surface area contributed by atoms with Crippen LogP contribution in [0.1, 0.15) is 35.7 Å². The Morgan fingerprint density at radius 2 is 1.88 bits per heavy atom. The van der Waals surface area contributed by atoms with E-state index in [4.69, 9.17) is 11.6 Å². The van der Waals surface area contributed by atoms with Crippen molar-refractivity contribution in [1.82, 2.24) is 9.97 Å². The highest BCUT2D eigenvalue weighted by molar-refractivity contribution is 7.92. The molecular formula is C24H20ClFN3O4S-. The van der Waals surface area contributed by atoms with Gasteiger partial charge in [-0.1, -0.05) is 43.1 Å². The molecule has 0 saturated heterocycles. The predicted octanol–water partition coefficient (Wildman–Crippen LogP) is 5.69. The molecule has 0 aliphatic carbocycles. The van der Waals surface area contributed by atoms with Gasteiger partial charge in [-0.2, -0.15) is 0 Å². The summed E-state index contributed by atoms with van der Waals surface area (Å²) in [5, 5.41) is 13.5. The second-order valence-corrected chi connectivity index (χ2v) is 10.0. The van der Waals surface area contributed by atoms with Gasteiger partial charge in [-0.05, 0) is 42.3 Å². The summed E-state index contributed by atoms with van der Waals surface area (Å²) in [5.74, 6) is -2.31. The summed E-state index contributed by atoms with van der Waals surface area (Å²) in [6.07, 6.45) is 3.86. The highest BCUT2D eigenvalue weighted by atomic mass is 35.5. The Morgan fingerprint density at radius 1 is 1.15 bits per heavy atom. The second-order valence-electron chi connectivity index (χ2n) is 7.69. The van der Waals surface area contributed by atoms with Crippen LogP contribution in [0, 0.1) is 11.0 Å². The first-order valence-electron chi connectivity index (χ1n) is 10.5. The Kier molecular flexibility index (Phi) is 6.70. The average molecular weight is 501 g/mol. The third-order valence-electron chi connectivity index (χ3n) is 5.38. The summed E-state index contributed by atoms with van der Waals surface area (Å²) in [5.41, 5.74) is 0.972. The van der Waals surface area contributed by atoms with E-state index < -0.39 is 38.6 Å². The number of fused-ring (bicyclic) bond motifs is 1. The fourth-order valence-corrected chi connectivity index (χ4v) is 4.92. The molecule has 2 aromatic heterocycles. The van der Waals surface area contributed by atoms with E-state index >= 15 is 4.39 Å². The van der Waals surface area contributed by atoms with Crippen molar-refractivity contribution >= 4 is 44.1 Å². The van der Waals surface area contributed by atoms with Crippen molar-refractivity contribution in [2.24, 2.45) is 0 Å². The lowest BCUT2D eigenvalue weighted by molar-refractivity contribution is 0.103. The first kappa shape index (κ1) is 23.9. The molecule has 176 valence electrons. The number of carbonyl (C=O) groups is 1. The van der Waals surface area contributed by atoms with E-state index in [0.717, 1.165) is 17.2 Å². The summed E-state index contributed by atoms with van der Waals surface area (Å²) < 4.78 is 39.4. The molecule has 2 heterocycles. The van der Waals surface area contributed by atoms with E-state index in [2.05, 4.69) is 9.97 Å². The number of rotatable bonds is 8. The Labute approximate surface area is 200 Å². The molecule has 0 atom stereocenters. The molecule has 0 aliphatic rings. The second kappa shape index (κ2) is 9.54. The van der Waals surface area contributed by atoms with Crippen LogP contribution in [0.15, 0.2) is 60.9 Å². The van der Waals surface area contributed by atoms with E-state index in [1.807, 2.05) is 12.1 Å². The molecule has 7 nitrogen and oxygen atoms in total. The zero-order valence-electron chi connectivity index (χ0n) is 18.1. The van der Waals surface area contributed by atoms with Gasteiger partial charge in [-0.25, -0.2) is 17.8 Å². The van der Waals surface area contributed by atoms with E-state index in [9.17, 15) is 18.4 Å². The first-order valence-corrected chi connectivity index (χ1v) is 12.5. The van der Waals surface area contributed by atoms with Crippen molar-refractivity contribution in [3.05, 3.63) is 88.1 Å². The molecule has 34 heavy (non-hydrogen) atoms. The molecule has 1 N–H and O–H groups in total. The third kappa shape index (κ3) is 4.54. The van der Waals surface area contributed by atoms with Gasteiger partial charge < -0.3 is 14.7 Å². The van der Waals surface area contributed by atoms with Crippen LogP contribution in [-0.2, 0) is 10.0 Å². The Hall–Kier alpha value is -3.27. The molecule has 4 aromatic rings. The number of pyridine rings is 1. The smallest absolute Gasteiger partial charge is 0.225 e. The molecule has 0 amide bonds. The van der Waals surface area contributed by atoms with Crippen molar-refractivity contribution in [1.29, 1.82) is 0 Å². The normalized spacial score (nSPS) is 11.6. The summed E-state index contributed by atoms with van der Waals surface area (Å²) in [6.45, 7) is 1.78. The number of H-pyrrole nitrogens is 1. The maximum atomic E-state index is 15.2. The van der Waals surface area contributed by atoms with Crippen molar-refractivity contribution < 1.29 is 17.6 Å². The monoisotopic (exact) mass is 500 g/mol. The van der Waals surface area contributed by atoms with Gasteiger partial charge in [-0.3, -0.25) is 4.79 Å². The average Bonchev–Trinajstić information content (AvgIpc) is 3.26. The summed E-state index contributed by atoms with van der Waals surface area (Å²) in [4.78, 5) is 20.5. The zero-order valence-corrected chi connectivity index (χ0v) is 19.7. The third-order valence-corrected chi connectivity index (χ3v) is 7.14. The van der Waals surface area contributed by atoms with Gasteiger partial charge in [0.15, 0.2) is 11.6 Å². The number of unbranched alkanes of at least 4 members (excludes halogenated alkanes) is 1. The lowest BCUT2D eigenvalue weighted by Crippen LogP contribution is -2.28. The number of nitrogens with zero attached hydrogens (tertiary/aromatic N) is 2. The number of aromatic amines is 1. The van der Waals surface area contributed by atoms with Gasteiger partial charge in [0.05, 0.1) is 17.0 Å². The van der Waals surface area contributed by atoms with Gasteiger partial charge in [0.25, 0.3) is 0 Å². The number of benzene rings is 2. The van der Waals surface area contributed by atoms with Gasteiger partial charge >= 0.3 is 0 Å². The van der Waals surface area contributed by atoms with Crippen LogP contribution in [0.4, 0.5) is 10.1 Å². The molecular weight excluding hydrogens is 481 g/mol. The minimum atomic E-state index is -4.27. The van der Waals surface area contributed by atoms with Crippen LogP contribution in [0.25, 0.3) is 22.2 Å². The molecule has 4 rings (SSSR count). The Morgan fingerprint density at radius 3 is 2.59 bits per heavy atom. The number of aromatic nitrogens is 2. The number of ketones is 1. The van der Waals surface area contributed by atoms with Crippen LogP contribution in [0.3, 0.4) is 0 Å².